The molecule has 1 N–H and O–H groups in total. The van der Waals surface area contributed by atoms with Crippen molar-refractivity contribution in [2.75, 3.05) is 38.2 Å². The molecule has 25 heavy (non-hydrogen) atoms. The molecule has 0 aliphatic heterocycles. The third-order valence-corrected chi connectivity index (χ3v) is 3.74. The molecule has 0 heterocycles. The number of anilines is 1. The van der Waals surface area contributed by atoms with E-state index < -0.39 is 0 Å². The number of carbonyl (C=O) groups excluding carboxylic acids is 1. The molecule has 0 aromatic heterocycles. The fourth-order valence-corrected chi connectivity index (χ4v) is 2.35. The van der Waals surface area contributed by atoms with Gasteiger partial charge in [0, 0.05) is 11.8 Å². The lowest BCUT2D eigenvalue weighted by atomic mass is 10.3. The molecule has 1 amide bonds. The first-order valence-electron chi connectivity index (χ1n) is 8.64. The van der Waals surface area contributed by atoms with Gasteiger partial charge in [-0.25, -0.2) is 0 Å². The van der Waals surface area contributed by atoms with Crippen molar-refractivity contribution in [1.29, 1.82) is 0 Å². The van der Waals surface area contributed by atoms with E-state index in [0.717, 1.165) is 24.5 Å². The average molecular weight is 342 g/mol. The van der Waals surface area contributed by atoms with Crippen molar-refractivity contribution in [3.05, 3.63) is 54.6 Å². The van der Waals surface area contributed by atoms with Gasteiger partial charge in [0.15, 0.2) is 0 Å². The zero-order chi connectivity index (χ0) is 17.9. The smallest absolute Gasteiger partial charge is 0.238 e. The maximum atomic E-state index is 12.1. The zero-order valence-electron chi connectivity index (χ0n) is 14.9. The van der Waals surface area contributed by atoms with Crippen LogP contribution in [-0.2, 0) is 4.79 Å². The molecule has 134 valence electrons. The standard InChI is InChI=1S/C20H26N2O3/c1-3-22(4-2)16-20(23)21-17-9-8-12-19(15-17)25-14-13-24-18-10-6-5-7-11-18/h5-12,15H,3-4,13-14,16H2,1-2H3,(H,21,23). The van der Waals surface area contributed by atoms with Gasteiger partial charge in [0.2, 0.25) is 5.91 Å². The fraction of sp³-hybridized carbons (Fsp3) is 0.350. The molecule has 0 unspecified atom stereocenters. The van der Waals surface area contributed by atoms with E-state index in [1.54, 1.807) is 0 Å². The maximum Gasteiger partial charge on any atom is 0.238 e. The van der Waals surface area contributed by atoms with Crippen LogP contribution in [0.2, 0.25) is 0 Å². The lowest BCUT2D eigenvalue weighted by Gasteiger charge is -2.17. The van der Waals surface area contributed by atoms with Gasteiger partial charge in [-0.3, -0.25) is 9.69 Å². The molecular formula is C20H26N2O3. The summed E-state index contributed by atoms with van der Waals surface area (Å²) in [7, 11) is 0. The van der Waals surface area contributed by atoms with E-state index in [-0.39, 0.29) is 5.91 Å². The summed E-state index contributed by atoms with van der Waals surface area (Å²) in [6.07, 6.45) is 0. The number of nitrogens with zero attached hydrogens (tertiary/aromatic N) is 1. The van der Waals surface area contributed by atoms with Crippen molar-refractivity contribution in [3.8, 4) is 11.5 Å². The number of benzene rings is 2. The van der Waals surface area contributed by atoms with Crippen LogP contribution in [0.5, 0.6) is 11.5 Å². The van der Waals surface area contributed by atoms with Gasteiger partial charge in [-0.1, -0.05) is 38.1 Å². The Labute approximate surface area is 149 Å². The van der Waals surface area contributed by atoms with Crippen LogP contribution in [-0.4, -0.2) is 43.7 Å². The van der Waals surface area contributed by atoms with Gasteiger partial charge in [-0.05, 0) is 37.4 Å². The Hall–Kier alpha value is -2.53. The second kappa shape index (κ2) is 10.4. The molecule has 0 atom stereocenters. The number of nitrogens with one attached hydrogen (secondary N) is 1. The van der Waals surface area contributed by atoms with Gasteiger partial charge in [-0.2, -0.15) is 0 Å². The average Bonchev–Trinajstić information content (AvgIpc) is 2.64. The number of carbonyl (C=O) groups is 1. The van der Waals surface area contributed by atoms with Crippen LogP contribution in [0.25, 0.3) is 0 Å². The summed E-state index contributed by atoms with van der Waals surface area (Å²) in [5, 5.41) is 2.91. The van der Waals surface area contributed by atoms with Crippen LogP contribution in [0, 0.1) is 0 Å². The lowest BCUT2D eigenvalue weighted by molar-refractivity contribution is -0.117. The second-order valence-corrected chi connectivity index (χ2v) is 5.55. The number of ether oxygens (including phenoxy) is 2. The largest absolute Gasteiger partial charge is 0.490 e. The molecule has 0 saturated carbocycles. The van der Waals surface area contributed by atoms with Crippen molar-refractivity contribution >= 4 is 11.6 Å². The van der Waals surface area contributed by atoms with Gasteiger partial charge < -0.3 is 14.8 Å². The fourth-order valence-electron chi connectivity index (χ4n) is 2.35. The van der Waals surface area contributed by atoms with Crippen molar-refractivity contribution in [1.82, 2.24) is 4.90 Å². The molecule has 0 aliphatic rings. The van der Waals surface area contributed by atoms with Gasteiger partial charge in [-0.15, -0.1) is 0 Å². The number of amides is 1. The highest BCUT2D eigenvalue weighted by atomic mass is 16.5. The van der Waals surface area contributed by atoms with Crippen LogP contribution in [0.1, 0.15) is 13.8 Å². The Morgan fingerprint density at radius 3 is 2.24 bits per heavy atom. The Bertz CT molecular complexity index is 642. The first-order chi connectivity index (χ1) is 12.2. The van der Waals surface area contributed by atoms with E-state index in [4.69, 9.17) is 9.47 Å². The summed E-state index contributed by atoms with van der Waals surface area (Å²) in [6.45, 7) is 7.09. The van der Waals surface area contributed by atoms with Crippen molar-refractivity contribution in [2.24, 2.45) is 0 Å². The highest BCUT2D eigenvalue weighted by Crippen LogP contribution is 2.17. The van der Waals surface area contributed by atoms with E-state index >= 15 is 0 Å². The first-order valence-corrected chi connectivity index (χ1v) is 8.64. The molecule has 0 radical (unpaired) electrons. The molecule has 5 nitrogen and oxygen atoms in total. The minimum atomic E-state index is -0.0201. The normalized spacial score (nSPS) is 10.5. The van der Waals surface area contributed by atoms with Crippen molar-refractivity contribution < 1.29 is 14.3 Å². The van der Waals surface area contributed by atoms with E-state index in [0.29, 0.717) is 25.5 Å². The quantitative estimate of drug-likeness (QED) is 0.672. The number of hydrogen-bond donors (Lipinski definition) is 1. The zero-order valence-corrected chi connectivity index (χ0v) is 14.9. The van der Waals surface area contributed by atoms with Gasteiger partial charge in [0.25, 0.3) is 0 Å². The predicted molar refractivity (Wildman–Crippen MR) is 100 cm³/mol. The number of para-hydroxylation sites is 1. The Morgan fingerprint density at radius 2 is 1.56 bits per heavy atom. The SMILES string of the molecule is CCN(CC)CC(=O)Nc1cccc(OCCOc2ccccc2)c1. The van der Waals surface area contributed by atoms with Gasteiger partial charge in [0.05, 0.1) is 6.54 Å². The summed E-state index contributed by atoms with van der Waals surface area (Å²) in [5.41, 5.74) is 0.735. The molecule has 2 aromatic carbocycles. The molecule has 2 aromatic rings. The second-order valence-electron chi connectivity index (χ2n) is 5.55. The van der Waals surface area contributed by atoms with E-state index in [1.807, 2.05) is 68.4 Å². The monoisotopic (exact) mass is 342 g/mol. The number of hydrogen-bond acceptors (Lipinski definition) is 4. The molecule has 0 bridgehead atoms. The van der Waals surface area contributed by atoms with Crippen molar-refractivity contribution in [3.63, 3.8) is 0 Å². The van der Waals surface area contributed by atoms with Crippen LogP contribution >= 0.6 is 0 Å². The van der Waals surface area contributed by atoms with E-state index in [9.17, 15) is 4.79 Å². The highest BCUT2D eigenvalue weighted by Gasteiger charge is 2.08. The van der Waals surface area contributed by atoms with Crippen LogP contribution in [0.15, 0.2) is 54.6 Å². The molecular weight excluding hydrogens is 316 g/mol. The third-order valence-electron chi connectivity index (χ3n) is 3.74. The molecule has 0 spiro atoms. The molecule has 2 rings (SSSR count). The van der Waals surface area contributed by atoms with Crippen molar-refractivity contribution in [2.45, 2.75) is 13.8 Å². The van der Waals surface area contributed by atoms with Gasteiger partial charge in [0.1, 0.15) is 24.7 Å². The Kier molecular flexibility index (Phi) is 7.79. The molecule has 5 heteroatoms. The topological polar surface area (TPSA) is 50.8 Å². The van der Waals surface area contributed by atoms with Crippen LogP contribution in [0.4, 0.5) is 5.69 Å². The lowest BCUT2D eigenvalue weighted by Crippen LogP contribution is -2.32. The summed E-state index contributed by atoms with van der Waals surface area (Å²) in [5.74, 6) is 1.51. The summed E-state index contributed by atoms with van der Waals surface area (Å²) in [6, 6.07) is 17.0. The Balaban J connectivity index is 1.77. The highest BCUT2D eigenvalue weighted by molar-refractivity contribution is 5.92. The third kappa shape index (κ3) is 6.85. The molecule has 0 fully saturated rings. The summed E-state index contributed by atoms with van der Waals surface area (Å²) < 4.78 is 11.3. The van der Waals surface area contributed by atoms with E-state index in [1.165, 1.54) is 0 Å². The van der Waals surface area contributed by atoms with Crippen LogP contribution < -0.4 is 14.8 Å². The predicted octanol–water partition coefficient (Wildman–Crippen LogP) is 3.42. The summed E-state index contributed by atoms with van der Waals surface area (Å²) in [4.78, 5) is 14.1. The minimum absolute atomic E-state index is 0.0201. The maximum absolute atomic E-state index is 12.1. The van der Waals surface area contributed by atoms with E-state index in [2.05, 4.69) is 10.2 Å². The number of rotatable bonds is 10. The molecule has 0 aliphatic carbocycles. The minimum Gasteiger partial charge on any atom is -0.490 e. The number of likely N-dealkylation sites (N-methyl/N-ethyl adjacent to an activating group) is 1. The molecule has 0 saturated heterocycles. The van der Waals surface area contributed by atoms with Gasteiger partial charge >= 0.3 is 0 Å². The first kappa shape index (κ1) is 18.8. The van der Waals surface area contributed by atoms with Crippen LogP contribution in [0.3, 0.4) is 0 Å². The Morgan fingerprint density at radius 1 is 0.920 bits per heavy atom. The summed E-state index contributed by atoms with van der Waals surface area (Å²) >= 11 is 0.